The highest BCUT2D eigenvalue weighted by atomic mass is 19.1. The summed E-state index contributed by atoms with van der Waals surface area (Å²) >= 11 is 0. The zero-order valence-corrected chi connectivity index (χ0v) is 20.0. The quantitative estimate of drug-likeness (QED) is 0.423. The fourth-order valence-corrected chi connectivity index (χ4v) is 5.11. The number of nitrogens with one attached hydrogen (secondary N) is 1. The third-order valence-corrected chi connectivity index (χ3v) is 6.97. The fraction of sp³-hybridized carbons (Fsp3) is 0.346. The van der Waals surface area contributed by atoms with Crippen LogP contribution in [0.1, 0.15) is 41.2 Å². The van der Waals surface area contributed by atoms with Gasteiger partial charge in [-0.15, -0.1) is 0 Å². The topological polar surface area (TPSA) is 125 Å². The molecule has 1 aliphatic heterocycles. The van der Waals surface area contributed by atoms with E-state index in [0.29, 0.717) is 43.0 Å². The number of benzene rings is 1. The number of carbonyl (C=O) groups excluding carboxylic acids is 1. The van der Waals surface area contributed by atoms with Crippen LogP contribution in [-0.2, 0) is 6.42 Å². The molecule has 1 aromatic carbocycles. The van der Waals surface area contributed by atoms with Crippen molar-refractivity contribution in [2.24, 2.45) is 11.7 Å². The number of hydrogen-bond donors (Lipinski definition) is 4. The van der Waals surface area contributed by atoms with Gasteiger partial charge >= 0.3 is 0 Å². The average Bonchev–Trinajstić information content (AvgIpc) is 3.23. The summed E-state index contributed by atoms with van der Waals surface area (Å²) in [5.41, 5.74) is 6.85. The number of aliphatic hydroxyl groups is 2. The highest BCUT2D eigenvalue weighted by Crippen LogP contribution is 2.41. The van der Waals surface area contributed by atoms with Gasteiger partial charge in [0.15, 0.2) is 0 Å². The van der Waals surface area contributed by atoms with Gasteiger partial charge in [0.2, 0.25) is 0 Å². The molecule has 1 amide bonds. The molecule has 2 aliphatic rings. The number of hydrogen-bond acceptors (Lipinski definition) is 7. The number of pyridine rings is 2. The van der Waals surface area contributed by atoms with Crippen molar-refractivity contribution in [2.75, 3.05) is 23.3 Å². The lowest BCUT2D eigenvalue weighted by Gasteiger charge is -2.41. The predicted molar refractivity (Wildman–Crippen MR) is 130 cm³/mol. The predicted octanol–water partition coefficient (Wildman–Crippen LogP) is 2.94. The van der Waals surface area contributed by atoms with Crippen LogP contribution in [-0.4, -0.2) is 51.3 Å². The lowest BCUT2D eigenvalue weighted by Crippen LogP contribution is -2.56. The Kier molecular flexibility index (Phi) is 6.61. The third kappa shape index (κ3) is 4.54. The Bertz CT molecular complexity index is 1340. The van der Waals surface area contributed by atoms with Gasteiger partial charge in [0.25, 0.3) is 5.91 Å². The zero-order valence-electron chi connectivity index (χ0n) is 20.0. The smallest absolute Gasteiger partial charge is 0.274 e. The number of nitrogens with two attached hydrogens (primary N) is 1. The van der Waals surface area contributed by atoms with Gasteiger partial charge in [-0.1, -0.05) is 13.0 Å². The normalized spacial score (nSPS) is 23.2. The van der Waals surface area contributed by atoms with E-state index in [0.717, 1.165) is 35.9 Å². The number of nitrogens with zero attached hydrogens (tertiary/aromatic N) is 3. The third-order valence-electron chi connectivity index (χ3n) is 6.97. The Morgan fingerprint density at radius 2 is 1.84 bits per heavy atom. The van der Waals surface area contributed by atoms with Crippen LogP contribution in [0.3, 0.4) is 0 Å². The minimum atomic E-state index is -1.01. The van der Waals surface area contributed by atoms with Crippen molar-refractivity contribution in [1.82, 2.24) is 9.97 Å². The molecule has 0 bridgehead atoms. The summed E-state index contributed by atoms with van der Waals surface area (Å²) < 4.78 is 43.1. The van der Waals surface area contributed by atoms with Crippen molar-refractivity contribution in [3.8, 4) is 11.3 Å². The molecule has 5 rings (SSSR count). The van der Waals surface area contributed by atoms with E-state index in [1.165, 1.54) is 6.20 Å². The van der Waals surface area contributed by atoms with E-state index in [1.807, 2.05) is 11.8 Å². The number of aliphatic hydroxyl groups excluding tert-OH is 2. The van der Waals surface area contributed by atoms with Gasteiger partial charge < -0.3 is 26.2 Å². The standard InChI is InChI=1S/C26H26F3N5O3/c1-12-10-34(11-17(30)25(12)36)24-13-5-8-20(35)22(13)31-9-19(24)33-26(37)18-7-6-16(29)23(32-18)21-14(27)3-2-4-15(21)28/h2-4,6-7,9,12,17,20,25,35-36H,5,8,10-11,30H2,1H3,(H,33,37)/t12-,17-,20?,25-/m0/s1. The second-order valence-corrected chi connectivity index (χ2v) is 9.55. The molecule has 5 N–H and O–H groups in total. The first-order valence-electron chi connectivity index (χ1n) is 12.0. The highest BCUT2D eigenvalue weighted by Gasteiger charge is 2.36. The second kappa shape index (κ2) is 9.73. The maximum atomic E-state index is 14.5. The van der Waals surface area contributed by atoms with Gasteiger partial charge in [0.1, 0.15) is 28.8 Å². The SMILES string of the molecule is C[C@H]1CN(c2c(NC(=O)c3ccc(F)c(-c4c(F)cccc4F)n3)cnc3c2CCC3O)C[C@H](N)[C@H]1O. The van der Waals surface area contributed by atoms with Gasteiger partial charge in [-0.2, -0.15) is 0 Å². The van der Waals surface area contributed by atoms with Crippen molar-refractivity contribution >= 4 is 17.3 Å². The van der Waals surface area contributed by atoms with Gasteiger partial charge in [0, 0.05) is 30.6 Å². The van der Waals surface area contributed by atoms with Gasteiger partial charge in [-0.05, 0) is 37.1 Å². The number of halogens is 3. The van der Waals surface area contributed by atoms with Crippen molar-refractivity contribution in [3.63, 3.8) is 0 Å². The Hall–Kier alpha value is -3.54. The number of amides is 1. The highest BCUT2D eigenvalue weighted by molar-refractivity contribution is 6.05. The van der Waals surface area contributed by atoms with Crippen LogP contribution in [0.25, 0.3) is 11.3 Å². The summed E-state index contributed by atoms with van der Waals surface area (Å²) in [6.45, 7) is 2.64. The van der Waals surface area contributed by atoms with E-state index in [4.69, 9.17) is 5.73 Å². The summed E-state index contributed by atoms with van der Waals surface area (Å²) in [5, 5.41) is 23.4. The molecular weight excluding hydrogens is 487 g/mol. The monoisotopic (exact) mass is 513 g/mol. The molecule has 1 saturated heterocycles. The van der Waals surface area contributed by atoms with Crippen LogP contribution in [0.4, 0.5) is 24.5 Å². The summed E-state index contributed by atoms with van der Waals surface area (Å²) in [6, 6.07) is 4.61. The molecule has 0 saturated carbocycles. The fourth-order valence-electron chi connectivity index (χ4n) is 5.11. The van der Waals surface area contributed by atoms with Crippen LogP contribution in [0.2, 0.25) is 0 Å². The molecule has 37 heavy (non-hydrogen) atoms. The lowest BCUT2D eigenvalue weighted by molar-refractivity contribution is 0.0784. The first-order chi connectivity index (χ1) is 17.7. The number of carbonyl (C=O) groups is 1. The first-order valence-corrected chi connectivity index (χ1v) is 12.0. The van der Waals surface area contributed by atoms with Crippen LogP contribution < -0.4 is 16.0 Å². The molecule has 1 aliphatic carbocycles. The first kappa shape index (κ1) is 25.1. The van der Waals surface area contributed by atoms with Crippen LogP contribution in [0, 0.1) is 23.4 Å². The molecule has 1 fully saturated rings. The maximum Gasteiger partial charge on any atom is 0.274 e. The van der Waals surface area contributed by atoms with E-state index in [2.05, 4.69) is 15.3 Å². The van der Waals surface area contributed by atoms with Gasteiger partial charge in [-0.3, -0.25) is 9.78 Å². The summed E-state index contributed by atoms with van der Waals surface area (Å²) in [6.07, 6.45) is 0.994. The Balaban J connectivity index is 1.52. The van der Waals surface area contributed by atoms with Gasteiger partial charge in [0.05, 0.1) is 41.0 Å². The minimum absolute atomic E-state index is 0.153. The largest absolute Gasteiger partial charge is 0.391 e. The van der Waals surface area contributed by atoms with Crippen molar-refractivity contribution in [2.45, 2.75) is 38.0 Å². The van der Waals surface area contributed by atoms with Crippen molar-refractivity contribution in [1.29, 1.82) is 0 Å². The molecule has 4 atom stereocenters. The van der Waals surface area contributed by atoms with Crippen LogP contribution >= 0.6 is 0 Å². The van der Waals surface area contributed by atoms with Crippen molar-refractivity contribution in [3.05, 3.63) is 70.9 Å². The summed E-state index contributed by atoms with van der Waals surface area (Å²) in [5.74, 6) is -3.90. The summed E-state index contributed by atoms with van der Waals surface area (Å²) in [4.78, 5) is 23.4. The van der Waals surface area contributed by atoms with E-state index >= 15 is 0 Å². The second-order valence-electron chi connectivity index (χ2n) is 9.55. The molecule has 8 nitrogen and oxygen atoms in total. The maximum absolute atomic E-state index is 14.5. The number of rotatable bonds is 4. The molecule has 3 heterocycles. The van der Waals surface area contributed by atoms with E-state index < -0.39 is 52.9 Å². The average molecular weight is 514 g/mol. The van der Waals surface area contributed by atoms with E-state index in [-0.39, 0.29) is 11.6 Å². The Labute approximate surface area is 211 Å². The summed E-state index contributed by atoms with van der Waals surface area (Å²) in [7, 11) is 0. The minimum Gasteiger partial charge on any atom is -0.391 e. The molecule has 0 radical (unpaired) electrons. The van der Waals surface area contributed by atoms with Crippen LogP contribution in [0.15, 0.2) is 36.5 Å². The number of fused-ring (bicyclic) bond motifs is 1. The van der Waals surface area contributed by atoms with E-state index in [9.17, 15) is 28.2 Å². The molecule has 11 heteroatoms. The molecule has 194 valence electrons. The van der Waals surface area contributed by atoms with Gasteiger partial charge in [-0.25, -0.2) is 18.2 Å². The molecule has 1 unspecified atom stereocenters. The Morgan fingerprint density at radius 1 is 1.11 bits per heavy atom. The molecular formula is C26H26F3N5O3. The van der Waals surface area contributed by atoms with E-state index in [1.54, 1.807) is 0 Å². The number of anilines is 2. The molecule has 3 aromatic rings. The zero-order chi connectivity index (χ0) is 26.4. The Morgan fingerprint density at radius 3 is 2.54 bits per heavy atom. The number of aromatic nitrogens is 2. The molecule has 0 spiro atoms. The lowest BCUT2D eigenvalue weighted by atomic mass is 9.92. The van der Waals surface area contributed by atoms with Crippen molar-refractivity contribution < 1.29 is 28.2 Å². The van der Waals surface area contributed by atoms with Crippen LogP contribution in [0.5, 0.6) is 0 Å². The molecule has 2 aromatic heterocycles. The number of piperidine rings is 1.